The lowest BCUT2D eigenvalue weighted by molar-refractivity contribution is -0.153. The van der Waals surface area contributed by atoms with E-state index in [0.717, 1.165) is 10.4 Å². The molecule has 1 heterocycles. The van der Waals surface area contributed by atoms with Gasteiger partial charge in [0, 0.05) is 7.11 Å². The van der Waals surface area contributed by atoms with E-state index in [1.807, 2.05) is 48.5 Å². The van der Waals surface area contributed by atoms with Crippen LogP contribution in [0.1, 0.15) is 41.5 Å². The largest absolute Gasteiger partial charge is 0.462 e. The highest BCUT2D eigenvalue weighted by Crippen LogP contribution is 2.39. The van der Waals surface area contributed by atoms with Crippen LogP contribution in [0.4, 0.5) is 0 Å². The molecule has 0 saturated carbocycles. The van der Waals surface area contributed by atoms with Gasteiger partial charge in [0.1, 0.15) is 6.61 Å². The van der Waals surface area contributed by atoms with Crippen molar-refractivity contribution in [2.24, 2.45) is 5.92 Å². The van der Waals surface area contributed by atoms with Crippen molar-refractivity contribution in [2.75, 3.05) is 20.3 Å². The van der Waals surface area contributed by atoms with Crippen molar-refractivity contribution >= 4 is 30.6 Å². The fourth-order valence-electron chi connectivity index (χ4n) is 6.03. The van der Waals surface area contributed by atoms with Crippen LogP contribution in [0.25, 0.3) is 0 Å². The maximum atomic E-state index is 13.2. The number of hydrogen-bond acceptors (Lipinski definition) is 7. The Labute approximate surface area is 266 Å². The summed E-state index contributed by atoms with van der Waals surface area (Å²) in [5.74, 6) is -1.55. The normalized spacial score (nSPS) is 20.0. The third kappa shape index (κ3) is 7.10. The lowest BCUT2D eigenvalue weighted by Gasteiger charge is -2.43. The highest BCUT2D eigenvalue weighted by Gasteiger charge is 2.53. The average molecular weight is 625 g/mol. The molecule has 1 fully saturated rings. The van der Waals surface area contributed by atoms with Crippen LogP contribution < -0.4 is 10.4 Å². The van der Waals surface area contributed by atoms with Gasteiger partial charge in [-0.15, -0.1) is 0 Å². The summed E-state index contributed by atoms with van der Waals surface area (Å²) in [6, 6.07) is 38.2. The monoisotopic (exact) mass is 624 g/mol. The van der Waals surface area contributed by atoms with Gasteiger partial charge in [0.2, 0.25) is 0 Å². The Kier molecular flexibility index (Phi) is 10.3. The van der Waals surface area contributed by atoms with Gasteiger partial charge in [-0.25, -0.2) is 9.59 Å². The van der Waals surface area contributed by atoms with Gasteiger partial charge in [0.25, 0.3) is 8.32 Å². The van der Waals surface area contributed by atoms with Crippen LogP contribution in [0.5, 0.6) is 0 Å². The van der Waals surface area contributed by atoms with Crippen molar-refractivity contribution in [3.05, 3.63) is 132 Å². The van der Waals surface area contributed by atoms with Crippen LogP contribution in [0.2, 0.25) is 5.04 Å². The summed E-state index contributed by atoms with van der Waals surface area (Å²) in [6.07, 6.45) is -2.33. The van der Waals surface area contributed by atoms with E-state index in [9.17, 15) is 9.59 Å². The first-order valence-electron chi connectivity index (χ1n) is 15.2. The summed E-state index contributed by atoms with van der Waals surface area (Å²) < 4.78 is 31.1. The Hall–Kier alpha value is -4.08. The fraction of sp³-hybridized carbons (Fsp3) is 0.297. The third-order valence-electron chi connectivity index (χ3n) is 8.26. The van der Waals surface area contributed by atoms with E-state index in [4.69, 9.17) is 23.4 Å². The summed E-state index contributed by atoms with van der Waals surface area (Å²) in [5.41, 5.74) is 0.831. The minimum absolute atomic E-state index is 0.0604. The summed E-state index contributed by atoms with van der Waals surface area (Å²) in [7, 11) is -1.41. The van der Waals surface area contributed by atoms with Gasteiger partial charge >= 0.3 is 11.9 Å². The van der Waals surface area contributed by atoms with Gasteiger partial charge in [-0.3, -0.25) is 0 Å². The minimum Gasteiger partial charge on any atom is -0.462 e. The standard InChI is InChI=1S/C37H40O7Si/c1-37(2,3)45(29-21-13-7-14-22-29,30-23-15-8-16-24-30)42-26-32-31(25-41-34(38)27-17-9-5-10-18-27)33(36(40-4)43-32)44-35(39)28-19-11-6-12-20-28/h5-24,31-33,36H,25-26H2,1-4H3/t31-,32-,33-,36?/m1/s1. The summed E-state index contributed by atoms with van der Waals surface area (Å²) in [4.78, 5) is 26.2. The molecule has 1 saturated heterocycles. The van der Waals surface area contributed by atoms with E-state index < -0.39 is 44.7 Å². The molecule has 4 atom stereocenters. The van der Waals surface area contributed by atoms with Crippen LogP contribution in [-0.2, 0) is 23.4 Å². The van der Waals surface area contributed by atoms with Crippen molar-refractivity contribution in [1.82, 2.24) is 0 Å². The highest BCUT2D eigenvalue weighted by atomic mass is 28.4. The Morgan fingerprint density at radius 1 is 0.689 bits per heavy atom. The minimum atomic E-state index is -2.92. The predicted molar refractivity (Wildman–Crippen MR) is 175 cm³/mol. The van der Waals surface area contributed by atoms with Gasteiger partial charge in [-0.05, 0) is 39.7 Å². The molecule has 45 heavy (non-hydrogen) atoms. The van der Waals surface area contributed by atoms with E-state index in [0.29, 0.717) is 11.1 Å². The van der Waals surface area contributed by atoms with Crippen LogP contribution in [0.15, 0.2) is 121 Å². The van der Waals surface area contributed by atoms with E-state index >= 15 is 0 Å². The quantitative estimate of drug-likeness (QED) is 0.158. The molecule has 1 aliphatic heterocycles. The highest BCUT2D eigenvalue weighted by molar-refractivity contribution is 6.99. The second-order valence-corrected chi connectivity index (χ2v) is 16.4. The van der Waals surface area contributed by atoms with E-state index in [-0.39, 0.29) is 18.3 Å². The number of carbonyl (C=O) groups excluding carboxylic acids is 2. The van der Waals surface area contributed by atoms with Gasteiger partial charge < -0.3 is 23.4 Å². The summed E-state index contributed by atoms with van der Waals surface area (Å²) in [6.45, 7) is 6.72. The molecule has 0 spiro atoms. The zero-order valence-corrected chi connectivity index (χ0v) is 27.1. The lowest BCUT2D eigenvalue weighted by atomic mass is 9.99. The molecule has 8 heteroatoms. The van der Waals surface area contributed by atoms with Crippen LogP contribution in [-0.4, -0.2) is 59.1 Å². The number of esters is 2. The maximum absolute atomic E-state index is 13.2. The molecule has 234 valence electrons. The van der Waals surface area contributed by atoms with E-state index in [2.05, 4.69) is 45.0 Å². The predicted octanol–water partition coefficient (Wildman–Crippen LogP) is 5.63. The third-order valence-corrected chi connectivity index (χ3v) is 13.3. The van der Waals surface area contributed by atoms with Gasteiger partial charge in [0.05, 0.1) is 29.8 Å². The molecule has 0 aromatic heterocycles. The number of hydrogen-bond donors (Lipinski definition) is 0. The van der Waals surface area contributed by atoms with Crippen molar-refractivity contribution in [1.29, 1.82) is 0 Å². The topological polar surface area (TPSA) is 80.3 Å². The SMILES string of the molecule is COC1O[C@H](CO[Si](c2ccccc2)(c2ccccc2)C(C)(C)C)[C@@H](COC(=O)c2ccccc2)[C@H]1OC(=O)c1ccccc1. The van der Waals surface area contributed by atoms with E-state index in [1.54, 1.807) is 48.5 Å². The van der Waals surface area contributed by atoms with Crippen molar-refractivity contribution < 1.29 is 33.0 Å². The average Bonchev–Trinajstić information content (AvgIpc) is 3.40. The molecular formula is C37H40O7Si. The Bertz CT molecular complexity index is 1490. The zero-order chi connectivity index (χ0) is 31.9. The molecule has 7 nitrogen and oxygen atoms in total. The zero-order valence-electron chi connectivity index (χ0n) is 26.1. The number of ether oxygens (including phenoxy) is 4. The van der Waals surface area contributed by atoms with Crippen molar-refractivity contribution in [3.8, 4) is 0 Å². The molecule has 1 aliphatic rings. The molecule has 0 aliphatic carbocycles. The molecule has 0 N–H and O–H groups in total. The lowest BCUT2D eigenvalue weighted by Crippen LogP contribution is -2.67. The summed E-state index contributed by atoms with van der Waals surface area (Å²) >= 11 is 0. The summed E-state index contributed by atoms with van der Waals surface area (Å²) in [5, 5.41) is 2.00. The molecule has 1 unspecified atom stereocenters. The van der Waals surface area contributed by atoms with Gasteiger partial charge in [-0.2, -0.15) is 0 Å². The molecule has 4 aromatic carbocycles. The maximum Gasteiger partial charge on any atom is 0.338 e. The van der Waals surface area contributed by atoms with Crippen LogP contribution in [0, 0.1) is 5.92 Å². The molecule has 4 aromatic rings. The van der Waals surface area contributed by atoms with Crippen LogP contribution >= 0.6 is 0 Å². The van der Waals surface area contributed by atoms with Crippen molar-refractivity contribution in [2.45, 2.75) is 44.3 Å². The molecule has 0 radical (unpaired) electrons. The fourth-order valence-corrected chi connectivity index (χ4v) is 10.6. The molecular weight excluding hydrogens is 584 g/mol. The first-order valence-corrected chi connectivity index (χ1v) is 17.1. The molecule has 0 bridgehead atoms. The first-order chi connectivity index (χ1) is 21.7. The van der Waals surface area contributed by atoms with Crippen molar-refractivity contribution in [3.63, 3.8) is 0 Å². The Morgan fingerprint density at radius 3 is 1.62 bits per heavy atom. The molecule has 5 rings (SSSR count). The van der Waals surface area contributed by atoms with E-state index in [1.165, 1.54) is 7.11 Å². The second kappa shape index (κ2) is 14.3. The smallest absolute Gasteiger partial charge is 0.338 e. The number of benzene rings is 4. The Morgan fingerprint density at radius 2 is 1.16 bits per heavy atom. The number of methoxy groups -OCH3 is 1. The van der Waals surface area contributed by atoms with Gasteiger partial charge in [0.15, 0.2) is 12.4 Å². The van der Waals surface area contributed by atoms with Crippen LogP contribution in [0.3, 0.4) is 0 Å². The first kappa shape index (κ1) is 32.3. The molecule has 0 amide bonds. The number of rotatable bonds is 11. The Balaban J connectivity index is 1.47. The van der Waals surface area contributed by atoms with Gasteiger partial charge in [-0.1, -0.05) is 118 Å². The number of carbonyl (C=O) groups is 2. The second-order valence-electron chi connectivity index (χ2n) is 12.1.